The van der Waals surface area contributed by atoms with E-state index in [-0.39, 0.29) is 34.7 Å². The number of carbonyl (C=O) groups excluding carboxylic acids is 4. The summed E-state index contributed by atoms with van der Waals surface area (Å²) >= 11 is 0. The Morgan fingerprint density at radius 3 is 2.00 bits per heavy atom. The number of nitrogens with one attached hydrogen (secondary N) is 1. The molecule has 3 amide bonds. The predicted molar refractivity (Wildman–Crippen MR) is 131 cm³/mol. The van der Waals surface area contributed by atoms with Crippen LogP contribution in [0, 0.1) is 0 Å². The summed E-state index contributed by atoms with van der Waals surface area (Å²) in [6, 6.07) is 11.5. The van der Waals surface area contributed by atoms with Crippen molar-refractivity contribution in [1.82, 2.24) is 4.90 Å². The van der Waals surface area contributed by atoms with Gasteiger partial charge in [0.1, 0.15) is 5.56 Å². The minimum atomic E-state index is -0.665. The Morgan fingerprint density at radius 2 is 1.40 bits per heavy atom. The summed E-state index contributed by atoms with van der Waals surface area (Å²) in [4.78, 5) is 49.8. The summed E-state index contributed by atoms with van der Waals surface area (Å²) in [5.74, 6) is -1.56. The molecule has 1 aliphatic rings. The van der Waals surface area contributed by atoms with Gasteiger partial charge in [0.25, 0.3) is 11.8 Å². The number of anilines is 1. The van der Waals surface area contributed by atoms with Crippen molar-refractivity contribution < 1.29 is 29.0 Å². The van der Waals surface area contributed by atoms with Crippen LogP contribution >= 0.6 is 0 Å². The largest absolute Gasteiger partial charge is 0.505 e. The molecule has 2 aromatic rings. The monoisotopic (exact) mass is 480 g/mol. The summed E-state index contributed by atoms with van der Waals surface area (Å²) in [5, 5.41) is 12.8. The molecule has 0 aromatic heterocycles. The van der Waals surface area contributed by atoms with Gasteiger partial charge in [-0.2, -0.15) is 0 Å². The maximum atomic E-state index is 12.3. The van der Waals surface area contributed by atoms with Crippen LogP contribution in [0.5, 0.6) is 5.75 Å². The van der Waals surface area contributed by atoms with Gasteiger partial charge in [0.2, 0.25) is 5.91 Å². The number of phenolic OH excluding ortho intramolecular Hbond substituents is 1. The highest BCUT2D eigenvalue weighted by atomic mass is 16.5. The fourth-order valence-electron chi connectivity index (χ4n) is 4.19. The summed E-state index contributed by atoms with van der Waals surface area (Å²) in [5.41, 5.74) is 1.20. The Labute approximate surface area is 205 Å². The van der Waals surface area contributed by atoms with Gasteiger partial charge in [-0.1, -0.05) is 56.7 Å². The lowest BCUT2D eigenvalue weighted by Crippen LogP contribution is -2.30. The molecular weight excluding hydrogens is 448 g/mol. The molecule has 0 spiro atoms. The van der Waals surface area contributed by atoms with E-state index in [4.69, 9.17) is 0 Å². The van der Waals surface area contributed by atoms with Gasteiger partial charge in [-0.15, -0.1) is 0 Å². The molecule has 3 rings (SSSR count). The fraction of sp³-hybridized carbons (Fsp3) is 0.407. The Hall–Kier alpha value is -3.68. The van der Waals surface area contributed by atoms with Gasteiger partial charge in [-0.25, -0.2) is 4.79 Å². The first-order chi connectivity index (χ1) is 16.9. The van der Waals surface area contributed by atoms with Crippen LogP contribution in [0.15, 0.2) is 42.5 Å². The van der Waals surface area contributed by atoms with Crippen molar-refractivity contribution in [3.05, 3.63) is 59.2 Å². The third-order valence-electron chi connectivity index (χ3n) is 6.13. The van der Waals surface area contributed by atoms with E-state index in [2.05, 4.69) is 10.1 Å². The lowest BCUT2D eigenvalue weighted by atomic mass is 10.1. The van der Waals surface area contributed by atoms with Crippen molar-refractivity contribution in [2.75, 3.05) is 19.0 Å². The topological polar surface area (TPSA) is 113 Å². The van der Waals surface area contributed by atoms with Gasteiger partial charge in [0.05, 0.1) is 23.9 Å². The van der Waals surface area contributed by atoms with E-state index in [9.17, 15) is 24.3 Å². The second kappa shape index (κ2) is 12.7. The molecule has 186 valence electrons. The Kier molecular flexibility index (Phi) is 9.40. The number of ether oxygens (including phenoxy) is 1. The molecular formula is C27H32N2O6. The van der Waals surface area contributed by atoms with Crippen molar-refractivity contribution in [2.24, 2.45) is 0 Å². The van der Waals surface area contributed by atoms with Gasteiger partial charge in [0.15, 0.2) is 5.75 Å². The van der Waals surface area contributed by atoms with Crippen LogP contribution < -0.4 is 5.32 Å². The van der Waals surface area contributed by atoms with Crippen LogP contribution in [0.2, 0.25) is 0 Å². The first-order valence-corrected chi connectivity index (χ1v) is 12.1. The number of hydrogen-bond acceptors (Lipinski definition) is 6. The second-order valence-corrected chi connectivity index (χ2v) is 8.63. The van der Waals surface area contributed by atoms with Gasteiger partial charge in [-0.05, 0) is 37.1 Å². The highest BCUT2D eigenvalue weighted by molar-refractivity contribution is 6.21. The number of unbranched alkanes of at least 4 members (excludes halogenated alkanes) is 7. The molecule has 0 saturated heterocycles. The number of aromatic hydroxyl groups is 1. The van der Waals surface area contributed by atoms with Gasteiger partial charge in [0, 0.05) is 13.0 Å². The fourth-order valence-corrected chi connectivity index (χ4v) is 4.19. The number of carbonyl (C=O) groups is 4. The highest BCUT2D eigenvalue weighted by Gasteiger charge is 2.34. The summed E-state index contributed by atoms with van der Waals surface area (Å²) in [6.07, 6.45) is 7.97. The van der Waals surface area contributed by atoms with Crippen molar-refractivity contribution in [2.45, 2.75) is 57.8 Å². The smallest absolute Gasteiger partial charge is 0.341 e. The van der Waals surface area contributed by atoms with Gasteiger partial charge < -0.3 is 15.2 Å². The molecule has 0 aliphatic carbocycles. The summed E-state index contributed by atoms with van der Waals surface area (Å²) in [6.45, 7) is 0.458. The third kappa shape index (κ3) is 6.68. The molecule has 2 N–H and O–H groups in total. The minimum absolute atomic E-state index is 0.00835. The molecule has 0 atom stereocenters. The molecule has 2 aromatic carbocycles. The lowest BCUT2D eigenvalue weighted by molar-refractivity contribution is -0.116. The Balaban J connectivity index is 1.23. The molecule has 1 heterocycles. The van der Waals surface area contributed by atoms with E-state index in [0.29, 0.717) is 24.1 Å². The lowest BCUT2D eigenvalue weighted by Gasteiger charge is -2.13. The maximum absolute atomic E-state index is 12.3. The molecule has 0 bridgehead atoms. The van der Waals surface area contributed by atoms with Crippen LogP contribution in [-0.4, -0.2) is 47.4 Å². The molecule has 35 heavy (non-hydrogen) atoms. The molecule has 0 saturated carbocycles. The molecule has 1 aliphatic heterocycles. The quantitative estimate of drug-likeness (QED) is 0.182. The zero-order chi connectivity index (χ0) is 25.2. The number of rotatable bonds is 13. The van der Waals surface area contributed by atoms with E-state index in [1.165, 1.54) is 24.1 Å². The molecule has 8 heteroatoms. The van der Waals surface area contributed by atoms with Crippen molar-refractivity contribution >= 4 is 29.4 Å². The van der Waals surface area contributed by atoms with E-state index in [1.807, 2.05) is 0 Å². The normalized spacial score (nSPS) is 12.5. The first-order valence-electron chi connectivity index (χ1n) is 12.1. The van der Waals surface area contributed by atoms with Gasteiger partial charge in [-0.3, -0.25) is 19.3 Å². The zero-order valence-corrected chi connectivity index (χ0v) is 20.0. The average Bonchev–Trinajstić information content (AvgIpc) is 3.10. The number of nitrogens with zero attached hydrogens (tertiary/aromatic N) is 1. The molecule has 0 fully saturated rings. The molecule has 8 nitrogen and oxygen atoms in total. The number of phenols is 1. The number of benzene rings is 2. The predicted octanol–water partition coefficient (Wildman–Crippen LogP) is 4.92. The highest BCUT2D eigenvalue weighted by Crippen LogP contribution is 2.28. The van der Waals surface area contributed by atoms with E-state index in [1.54, 1.807) is 30.3 Å². The Morgan fingerprint density at radius 1 is 0.829 bits per heavy atom. The van der Waals surface area contributed by atoms with Crippen LogP contribution in [-0.2, 0) is 9.53 Å². The summed E-state index contributed by atoms with van der Waals surface area (Å²) in [7, 11) is 1.23. The zero-order valence-electron chi connectivity index (χ0n) is 20.0. The number of methoxy groups -OCH3 is 1. The van der Waals surface area contributed by atoms with Crippen LogP contribution in [0.4, 0.5) is 5.69 Å². The van der Waals surface area contributed by atoms with Crippen molar-refractivity contribution in [3.8, 4) is 5.75 Å². The maximum Gasteiger partial charge on any atom is 0.341 e. The molecule has 0 unspecified atom stereocenters. The van der Waals surface area contributed by atoms with Crippen molar-refractivity contribution in [1.29, 1.82) is 0 Å². The average molecular weight is 481 g/mol. The minimum Gasteiger partial charge on any atom is -0.505 e. The van der Waals surface area contributed by atoms with E-state index in [0.717, 1.165) is 51.4 Å². The first kappa shape index (κ1) is 25.9. The number of fused-ring (bicyclic) bond motifs is 1. The third-order valence-corrected chi connectivity index (χ3v) is 6.13. The SMILES string of the molecule is COC(=O)c1cccc(NC(=O)CCCCCCCCCCN2C(=O)c3ccccc3C2=O)c1O. The van der Waals surface area contributed by atoms with E-state index < -0.39 is 5.97 Å². The number of esters is 1. The number of amides is 3. The van der Waals surface area contributed by atoms with Crippen LogP contribution in [0.25, 0.3) is 0 Å². The van der Waals surface area contributed by atoms with Crippen molar-refractivity contribution in [3.63, 3.8) is 0 Å². The number of hydrogen-bond donors (Lipinski definition) is 2. The van der Waals surface area contributed by atoms with E-state index >= 15 is 0 Å². The van der Waals surface area contributed by atoms with Crippen LogP contribution in [0.1, 0.15) is 88.9 Å². The standard InChI is InChI=1S/C27H32N2O6/c1-35-27(34)21-15-12-16-22(24(21)31)28-23(30)17-8-6-4-2-3-5-7-11-18-29-25(32)19-13-9-10-14-20(19)26(29)33/h9-10,12-16,31H,2-8,11,17-18H2,1H3,(H,28,30). The molecule has 0 radical (unpaired) electrons. The summed E-state index contributed by atoms with van der Waals surface area (Å²) < 4.78 is 4.61. The van der Waals surface area contributed by atoms with Gasteiger partial charge >= 0.3 is 5.97 Å². The second-order valence-electron chi connectivity index (χ2n) is 8.63. The van der Waals surface area contributed by atoms with Crippen LogP contribution in [0.3, 0.4) is 0 Å². The number of para-hydroxylation sites is 1. The number of imide groups is 1. The Bertz CT molecular complexity index is 1050.